The van der Waals surface area contributed by atoms with E-state index >= 15 is 0 Å². The number of fused-ring (bicyclic) bond motifs is 2. The number of benzene rings is 2. The van der Waals surface area contributed by atoms with E-state index < -0.39 is 0 Å². The van der Waals surface area contributed by atoms with Gasteiger partial charge in [0.2, 0.25) is 0 Å². The van der Waals surface area contributed by atoms with E-state index in [1.165, 1.54) is 4.90 Å². The molecule has 5 nitrogen and oxygen atoms in total. The minimum Gasteiger partial charge on any atom is -0.327 e. The van der Waals surface area contributed by atoms with Crippen LogP contribution >= 0.6 is 0 Å². The Labute approximate surface area is 138 Å². The van der Waals surface area contributed by atoms with Gasteiger partial charge < -0.3 is 4.57 Å². The maximum atomic E-state index is 12.5. The van der Waals surface area contributed by atoms with Crippen molar-refractivity contribution in [3.63, 3.8) is 0 Å². The predicted octanol–water partition coefficient (Wildman–Crippen LogP) is 3.04. The molecular formula is C19H15N3O2. The number of imide groups is 1. The van der Waals surface area contributed by atoms with E-state index in [0.717, 1.165) is 23.9 Å². The highest BCUT2D eigenvalue weighted by atomic mass is 16.2. The average Bonchev–Trinajstić information content (AvgIpc) is 3.10. The van der Waals surface area contributed by atoms with Gasteiger partial charge in [0.25, 0.3) is 11.8 Å². The Morgan fingerprint density at radius 3 is 2.17 bits per heavy atom. The molecule has 3 aromatic rings. The Bertz CT molecular complexity index is 950. The molecule has 1 aliphatic carbocycles. The van der Waals surface area contributed by atoms with Crippen LogP contribution in [0.4, 0.5) is 0 Å². The summed E-state index contributed by atoms with van der Waals surface area (Å²) in [6.45, 7) is 0. The zero-order chi connectivity index (χ0) is 16.3. The molecule has 1 aliphatic heterocycles. The molecule has 1 saturated carbocycles. The van der Waals surface area contributed by atoms with E-state index in [-0.39, 0.29) is 23.9 Å². The smallest absolute Gasteiger partial charge is 0.261 e. The lowest BCUT2D eigenvalue weighted by Gasteiger charge is -2.40. The molecule has 1 aromatic heterocycles. The molecule has 0 bridgehead atoms. The highest BCUT2D eigenvalue weighted by Crippen LogP contribution is 2.40. The van der Waals surface area contributed by atoms with Crippen LogP contribution in [0.25, 0.3) is 11.0 Å². The van der Waals surface area contributed by atoms with Crippen molar-refractivity contribution in [3.05, 3.63) is 66.0 Å². The minimum atomic E-state index is -0.158. The molecule has 118 valence electrons. The van der Waals surface area contributed by atoms with Crippen molar-refractivity contribution < 1.29 is 9.59 Å². The van der Waals surface area contributed by atoms with E-state index in [9.17, 15) is 9.59 Å². The van der Waals surface area contributed by atoms with Crippen LogP contribution in [-0.4, -0.2) is 32.3 Å². The van der Waals surface area contributed by atoms with Crippen molar-refractivity contribution in [1.82, 2.24) is 14.5 Å². The molecule has 5 rings (SSSR count). The van der Waals surface area contributed by atoms with E-state index in [4.69, 9.17) is 0 Å². The number of nitrogens with zero attached hydrogens (tertiary/aromatic N) is 3. The van der Waals surface area contributed by atoms with Crippen molar-refractivity contribution in [1.29, 1.82) is 0 Å². The first-order valence-electron chi connectivity index (χ1n) is 8.12. The van der Waals surface area contributed by atoms with Crippen LogP contribution in [-0.2, 0) is 0 Å². The van der Waals surface area contributed by atoms with Crippen molar-refractivity contribution in [2.45, 2.75) is 24.9 Å². The summed E-state index contributed by atoms with van der Waals surface area (Å²) < 4.78 is 2.16. The number of amides is 2. The summed E-state index contributed by atoms with van der Waals surface area (Å²) in [6, 6.07) is 15.3. The lowest BCUT2D eigenvalue weighted by Crippen LogP contribution is -2.48. The average molecular weight is 317 g/mol. The molecule has 5 heteroatoms. The topological polar surface area (TPSA) is 55.2 Å². The van der Waals surface area contributed by atoms with Crippen molar-refractivity contribution >= 4 is 22.8 Å². The quantitative estimate of drug-likeness (QED) is 0.683. The van der Waals surface area contributed by atoms with Gasteiger partial charge in [-0.2, -0.15) is 0 Å². The second-order valence-electron chi connectivity index (χ2n) is 6.45. The summed E-state index contributed by atoms with van der Waals surface area (Å²) >= 11 is 0. The van der Waals surface area contributed by atoms with Crippen LogP contribution in [0.15, 0.2) is 54.9 Å². The molecule has 0 saturated heterocycles. The molecule has 1 fully saturated rings. The third-order valence-electron chi connectivity index (χ3n) is 5.15. The van der Waals surface area contributed by atoms with Gasteiger partial charge in [0.1, 0.15) is 0 Å². The third-order valence-corrected chi connectivity index (χ3v) is 5.15. The molecule has 0 atom stereocenters. The second-order valence-corrected chi connectivity index (χ2v) is 6.45. The molecule has 2 heterocycles. The summed E-state index contributed by atoms with van der Waals surface area (Å²) in [7, 11) is 0. The maximum absolute atomic E-state index is 12.5. The lowest BCUT2D eigenvalue weighted by atomic mass is 9.85. The van der Waals surface area contributed by atoms with Crippen molar-refractivity contribution in [2.24, 2.45) is 0 Å². The van der Waals surface area contributed by atoms with Crippen LogP contribution < -0.4 is 0 Å². The molecular weight excluding hydrogens is 302 g/mol. The maximum Gasteiger partial charge on any atom is 0.261 e. The predicted molar refractivity (Wildman–Crippen MR) is 88.7 cm³/mol. The standard InChI is InChI=1S/C19H15N3O2/c23-18-14-5-1-2-6-15(14)19(24)22(18)13-9-12(10-13)21-11-20-16-7-3-4-8-17(16)21/h1-8,11-13H,9-10H2/t12-,13-. The van der Waals surface area contributed by atoms with Gasteiger partial charge in [0.15, 0.2) is 0 Å². The number of hydrogen-bond acceptors (Lipinski definition) is 3. The summed E-state index contributed by atoms with van der Waals surface area (Å²) in [5.74, 6) is -0.316. The van der Waals surface area contributed by atoms with Crippen LogP contribution in [0.1, 0.15) is 39.6 Å². The molecule has 2 aliphatic rings. The van der Waals surface area contributed by atoms with Crippen LogP contribution in [0.5, 0.6) is 0 Å². The van der Waals surface area contributed by atoms with E-state index in [0.29, 0.717) is 11.1 Å². The largest absolute Gasteiger partial charge is 0.327 e. The fraction of sp³-hybridized carbons (Fsp3) is 0.211. The van der Waals surface area contributed by atoms with E-state index in [2.05, 4.69) is 15.6 Å². The van der Waals surface area contributed by atoms with Crippen LogP contribution in [0.3, 0.4) is 0 Å². The van der Waals surface area contributed by atoms with Gasteiger partial charge in [-0.25, -0.2) is 4.98 Å². The Morgan fingerprint density at radius 2 is 1.46 bits per heavy atom. The molecule has 24 heavy (non-hydrogen) atoms. The fourth-order valence-electron chi connectivity index (χ4n) is 3.81. The van der Waals surface area contributed by atoms with Gasteiger partial charge in [-0.15, -0.1) is 0 Å². The number of para-hydroxylation sites is 2. The van der Waals surface area contributed by atoms with E-state index in [1.54, 1.807) is 24.3 Å². The van der Waals surface area contributed by atoms with Crippen molar-refractivity contribution in [3.8, 4) is 0 Å². The number of imidazole rings is 1. The Kier molecular flexibility index (Phi) is 2.68. The lowest BCUT2D eigenvalue weighted by molar-refractivity contribution is 0.0434. The zero-order valence-corrected chi connectivity index (χ0v) is 12.9. The molecule has 2 amide bonds. The van der Waals surface area contributed by atoms with Crippen LogP contribution in [0, 0.1) is 0 Å². The number of carbonyl (C=O) groups excluding carboxylic acids is 2. The summed E-state index contributed by atoms with van der Waals surface area (Å²) in [6.07, 6.45) is 3.42. The first-order valence-corrected chi connectivity index (χ1v) is 8.12. The van der Waals surface area contributed by atoms with E-state index in [1.807, 2.05) is 24.5 Å². The fourth-order valence-corrected chi connectivity index (χ4v) is 3.81. The van der Waals surface area contributed by atoms with Gasteiger partial charge in [0.05, 0.1) is 28.5 Å². The minimum absolute atomic E-state index is 0.0245. The van der Waals surface area contributed by atoms with Gasteiger partial charge in [0, 0.05) is 12.1 Å². The summed E-state index contributed by atoms with van der Waals surface area (Å²) in [5.41, 5.74) is 3.13. The third kappa shape index (κ3) is 1.72. The second kappa shape index (κ2) is 4.77. The normalized spacial score (nSPS) is 22.8. The van der Waals surface area contributed by atoms with Crippen LogP contribution in [0.2, 0.25) is 0 Å². The highest BCUT2D eigenvalue weighted by molar-refractivity contribution is 6.21. The summed E-state index contributed by atoms with van der Waals surface area (Å²) in [4.78, 5) is 30.9. The molecule has 0 spiro atoms. The zero-order valence-electron chi connectivity index (χ0n) is 12.9. The first-order chi connectivity index (χ1) is 11.7. The first kappa shape index (κ1) is 13.5. The van der Waals surface area contributed by atoms with Gasteiger partial charge >= 0.3 is 0 Å². The highest BCUT2D eigenvalue weighted by Gasteiger charge is 2.45. The molecule has 0 radical (unpaired) electrons. The Hall–Kier alpha value is -2.95. The SMILES string of the molecule is O=C1c2ccccc2C(=O)N1[C@H]1C[C@H](n2cnc3ccccc32)C1. The molecule has 0 N–H and O–H groups in total. The molecule has 0 unspecified atom stereocenters. The van der Waals surface area contributed by atoms with Gasteiger partial charge in [-0.05, 0) is 37.1 Å². The monoisotopic (exact) mass is 317 g/mol. The Balaban J connectivity index is 1.39. The van der Waals surface area contributed by atoms with Crippen molar-refractivity contribution in [2.75, 3.05) is 0 Å². The number of aromatic nitrogens is 2. The van der Waals surface area contributed by atoms with Gasteiger partial charge in [-0.1, -0.05) is 24.3 Å². The number of hydrogen-bond donors (Lipinski definition) is 0. The number of carbonyl (C=O) groups is 2. The Morgan fingerprint density at radius 1 is 0.833 bits per heavy atom. The summed E-state index contributed by atoms with van der Waals surface area (Å²) in [5, 5.41) is 0. The number of rotatable bonds is 2. The molecule has 2 aromatic carbocycles. The van der Waals surface area contributed by atoms with Gasteiger partial charge in [-0.3, -0.25) is 14.5 Å².